The number of carbonyl (C=O) groups excluding carboxylic acids is 1. The van der Waals surface area contributed by atoms with Gasteiger partial charge in [-0.3, -0.25) is 4.57 Å². The van der Waals surface area contributed by atoms with E-state index in [1.54, 1.807) is 0 Å². The van der Waals surface area contributed by atoms with Crippen molar-refractivity contribution in [3.05, 3.63) is 12.2 Å². The topological polar surface area (TPSA) is 83.8 Å². The van der Waals surface area contributed by atoms with E-state index in [1.807, 2.05) is 6.92 Å². The summed E-state index contributed by atoms with van der Waals surface area (Å²) in [6.45, 7) is 4.95. The zero-order chi connectivity index (χ0) is 13.7. The molecule has 100 valence electrons. The predicted octanol–water partition coefficient (Wildman–Crippen LogP) is 2.05. The molecule has 0 aromatic carbocycles. The van der Waals surface area contributed by atoms with Gasteiger partial charge in [0.1, 0.15) is 0 Å². The molecule has 0 heterocycles. The Morgan fingerprint density at radius 2 is 2.00 bits per heavy atom. The molecule has 5 nitrogen and oxygen atoms in total. The summed E-state index contributed by atoms with van der Waals surface area (Å²) >= 11 is 0. The Labute approximate surface area is 97.6 Å². The van der Waals surface area contributed by atoms with E-state index in [0.717, 1.165) is 6.42 Å². The molecule has 0 spiro atoms. The molecule has 0 rings (SSSR count). The van der Waals surface area contributed by atoms with E-state index >= 15 is 0 Å². The summed E-state index contributed by atoms with van der Waals surface area (Å²) in [6.07, 6.45) is -0.0749. The van der Waals surface area contributed by atoms with Crippen molar-refractivity contribution in [1.29, 1.82) is 0 Å². The third-order valence-corrected chi connectivity index (χ3v) is 2.88. The van der Waals surface area contributed by atoms with Crippen LogP contribution in [0.25, 0.3) is 0 Å². The highest BCUT2D eigenvalue weighted by Gasteiger charge is 2.49. The third-order valence-electron chi connectivity index (χ3n) is 1.87. The molecule has 8 heteroatoms. The zero-order valence-corrected chi connectivity index (χ0v) is 10.3. The van der Waals surface area contributed by atoms with Gasteiger partial charge in [0.05, 0.1) is 13.0 Å². The van der Waals surface area contributed by atoms with E-state index in [1.165, 1.54) is 0 Å². The summed E-state index contributed by atoms with van der Waals surface area (Å²) in [5.74, 6) is -1.06. The Bertz CT molecular complexity index is 336. The first-order chi connectivity index (χ1) is 7.62. The minimum Gasteiger partial charge on any atom is -0.462 e. The summed E-state index contributed by atoms with van der Waals surface area (Å²) in [6, 6.07) is 0. The third kappa shape index (κ3) is 5.39. The van der Waals surface area contributed by atoms with Crippen LogP contribution in [-0.4, -0.2) is 28.0 Å². The molecule has 0 bridgehead atoms. The second-order valence-electron chi connectivity index (χ2n) is 3.48. The van der Waals surface area contributed by atoms with Crippen molar-refractivity contribution < 1.29 is 32.7 Å². The normalized spacial score (nSPS) is 12.3. The van der Waals surface area contributed by atoms with Crippen molar-refractivity contribution >= 4 is 13.6 Å². The maximum Gasteiger partial charge on any atom is 0.394 e. The van der Waals surface area contributed by atoms with Crippen LogP contribution in [0.5, 0.6) is 0 Å². The molecule has 0 saturated carbocycles. The summed E-state index contributed by atoms with van der Waals surface area (Å²) in [7, 11) is -5.60. The van der Waals surface area contributed by atoms with Crippen LogP contribution in [0.3, 0.4) is 0 Å². The number of ether oxygens (including phenoxy) is 1. The van der Waals surface area contributed by atoms with Gasteiger partial charge in [0.25, 0.3) is 0 Å². The number of esters is 1. The van der Waals surface area contributed by atoms with E-state index in [0.29, 0.717) is 6.42 Å². The number of alkyl halides is 2. The van der Waals surface area contributed by atoms with Crippen molar-refractivity contribution in [2.45, 2.75) is 31.8 Å². The SMILES string of the molecule is C=C(CC(F)(F)P(=O)(O)O)C(=O)OCCCC. The molecular formula is C9H15F2O5P. The van der Waals surface area contributed by atoms with E-state index in [4.69, 9.17) is 9.79 Å². The lowest BCUT2D eigenvalue weighted by molar-refractivity contribution is -0.139. The van der Waals surface area contributed by atoms with Crippen LogP contribution in [0.1, 0.15) is 26.2 Å². The molecule has 0 fully saturated rings. The monoisotopic (exact) mass is 272 g/mol. The van der Waals surface area contributed by atoms with Crippen LogP contribution in [0.15, 0.2) is 12.2 Å². The number of rotatable bonds is 7. The molecule has 0 unspecified atom stereocenters. The molecule has 0 aliphatic rings. The van der Waals surface area contributed by atoms with Gasteiger partial charge in [0, 0.05) is 5.57 Å². The largest absolute Gasteiger partial charge is 0.462 e. The first kappa shape index (κ1) is 16.2. The van der Waals surface area contributed by atoms with Crippen molar-refractivity contribution in [3.8, 4) is 0 Å². The molecule has 0 aromatic heterocycles. The van der Waals surface area contributed by atoms with Gasteiger partial charge in [-0.15, -0.1) is 0 Å². The molecule has 2 N–H and O–H groups in total. The van der Waals surface area contributed by atoms with E-state index in [-0.39, 0.29) is 6.61 Å². The Morgan fingerprint density at radius 3 is 2.41 bits per heavy atom. The lowest BCUT2D eigenvalue weighted by Crippen LogP contribution is -2.20. The number of unbranched alkanes of at least 4 members (excludes halogenated alkanes) is 1. The fourth-order valence-electron chi connectivity index (χ4n) is 0.843. The van der Waals surface area contributed by atoms with Crippen molar-refractivity contribution in [3.63, 3.8) is 0 Å². The van der Waals surface area contributed by atoms with Crippen LogP contribution in [0.2, 0.25) is 0 Å². The maximum atomic E-state index is 12.9. The lowest BCUT2D eigenvalue weighted by Gasteiger charge is -2.17. The van der Waals surface area contributed by atoms with Crippen LogP contribution in [0, 0.1) is 0 Å². The van der Waals surface area contributed by atoms with Crippen molar-refractivity contribution in [2.75, 3.05) is 6.61 Å². The van der Waals surface area contributed by atoms with Crippen LogP contribution < -0.4 is 0 Å². The van der Waals surface area contributed by atoms with Crippen molar-refractivity contribution in [1.82, 2.24) is 0 Å². The van der Waals surface area contributed by atoms with Crippen LogP contribution >= 0.6 is 7.60 Å². The molecule has 0 aliphatic carbocycles. The summed E-state index contributed by atoms with van der Waals surface area (Å²) in [4.78, 5) is 27.8. The summed E-state index contributed by atoms with van der Waals surface area (Å²) in [5, 5.41) is 0. The van der Waals surface area contributed by atoms with Crippen molar-refractivity contribution in [2.24, 2.45) is 0 Å². The first-order valence-electron chi connectivity index (χ1n) is 4.90. The van der Waals surface area contributed by atoms with Gasteiger partial charge < -0.3 is 14.5 Å². The molecule has 0 atom stereocenters. The number of hydrogen-bond donors (Lipinski definition) is 2. The Kier molecular flexibility index (Phi) is 5.95. The minimum atomic E-state index is -5.60. The van der Waals surface area contributed by atoms with Gasteiger partial charge in [0.15, 0.2) is 0 Å². The maximum absolute atomic E-state index is 12.9. The Morgan fingerprint density at radius 1 is 1.47 bits per heavy atom. The second-order valence-corrected chi connectivity index (χ2v) is 5.22. The highest BCUT2D eigenvalue weighted by Crippen LogP contribution is 2.55. The van der Waals surface area contributed by atoms with Gasteiger partial charge in [-0.1, -0.05) is 19.9 Å². The highest BCUT2D eigenvalue weighted by atomic mass is 31.2. The number of hydrogen-bond acceptors (Lipinski definition) is 3. The number of halogens is 2. The van der Waals surface area contributed by atoms with Gasteiger partial charge in [-0.2, -0.15) is 8.78 Å². The Balaban J connectivity index is 4.35. The highest BCUT2D eigenvalue weighted by molar-refractivity contribution is 7.53. The van der Waals surface area contributed by atoms with Gasteiger partial charge in [-0.05, 0) is 6.42 Å². The fourth-order valence-corrected chi connectivity index (χ4v) is 1.24. The average Bonchev–Trinajstić information content (AvgIpc) is 2.15. The molecule has 0 amide bonds. The van der Waals surface area contributed by atoms with E-state index in [2.05, 4.69) is 11.3 Å². The molecule has 0 saturated heterocycles. The zero-order valence-electron chi connectivity index (χ0n) is 9.36. The predicted molar refractivity (Wildman–Crippen MR) is 56.6 cm³/mol. The molecular weight excluding hydrogens is 257 g/mol. The van der Waals surface area contributed by atoms with Gasteiger partial charge in [0.2, 0.25) is 0 Å². The smallest absolute Gasteiger partial charge is 0.394 e. The van der Waals surface area contributed by atoms with E-state index < -0.39 is 31.2 Å². The summed E-state index contributed by atoms with van der Waals surface area (Å²) < 4.78 is 40.8. The molecule has 0 radical (unpaired) electrons. The molecule has 0 aliphatic heterocycles. The Hall–Kier alpha value is -0.780. The van der Waals surface area contributed by atoms with Gasteiger partial charge in [-0.25, -0.2) is 4.79 Å². The molecule has 17 heavy (non-hydrogen) atoms. The van der Waals surface area contributed by atoms with E-state index in [9.17, 15) is 18.1 Å². The van der Waals surface area contributed by atoms with Crippen LogP contribution in [-0.2, 0) is 14.1 Å². The quantitative estimate of drug-likeness (QED) is 0.321. The molecule has 0 aromatic rings. The average molecular weight is 272 g/mol. The number of carbonyl (C=O) groups is 1. The van der Waals surface area contributed by atoms with Crippen LogP contribution in [0.4, 0.5) is 8.78 Å². The fraction of sp³-hybridized carbons (Fsp3) is 0.667. The lowest BCUT2D eigenvalue weighted by atomic mass is 10.2. The standard InChI is InChI=1S/C9H15F2O5P/c1-3-4-5-16-8(12)7(2)6-9(10,11)17(13,14)15/h2-6H2,1H3,(H2,13,14,15). The minimum absolute atomic E-state index is 0.0653. The first-order valence-corrected chi connectivity index (χ1v) is 6.51. The van der Waals surface area contributed by atoms with Gasteiger partial charge >= 0.3 is 19.2 Å². The second kappa shape index (κ2) is 6.23. The summed E-state index contributed by atoms with van der Waals surface area (Å²) in [5.41, 5.74) is -4.96.